The monoisotopic (exact) mass is 265 g/mol. The van der Waals surface area contributed by atoms with Crippen LogP contribution in [0.1, 0.15) is 5.56 Å². The number of nitrogens with two attached hydrogens (primary N) is 1. The first-order valence-electron chi connectivity index (χ1n) is 5.55. The summed E-state index contributed by atoms with van der Waals surface area (Å²) in [6.45, 7) is 1.55. The predicted molar refractivity (Wildman–Crippen MR) is 70.4 cm³/mol. The molecule has 1 aromatic carbocycles. The quantitative estimate of drug-likeness (QED) is 0.794. The lowest BCUT2D eigenvalue weighted by atomic mass is 10.2. The van der Waals surface area contributed by atoms with Crippen LogP contribution in [0.3, 0.4) is 0 Å². The molecule has 0 saturated heterocycles. The second kappa shape index (κ2) is 5.05. The average molecular weight is 265 g/mol. The van der Waals surface area contributed by atoms with E-state index in [-0.39, 0.29) is 17.5 Å². The van der Waals surface area contributed by atoms with Crippen LogP contribution in [0.2, 0.25) is 0 Å². The minimum absolute atomic E-state index is 0.00261. The van der Waals surface area contributed by atoms with Crippen LogP contribution in [-0.2, 0) is 0 Å². The fourth-order valence-corrected chi connectivity index (χ4v) is 1.56. The van der Waals surface area contributed by atoms with Crippen molar-refractivity contribution in [1.82, 2.24) is 9.97 Å². The summed E-state index contributed by atoms with van der Waals surface area (Å²) >= 11 is 0. The summed E-state index contributed by atoms with van der Waals surface area (Å²) in [5, 5.41) is 5.35. The summed E-state index contributed by atoms with van der Waals surface area (Å²) in [6, 6.07) is 4.05. The third kappa shape index (κ3) is 2.70. The molecule has 1 heterocycles. The number of aryl methyl sites for hydroxylation is 1. The Kier molecular flexibility index (Phi) is 3.46. The van der Waals surface area contributed by atoms with Gasteiger partial charge >= 0.3 is 0 Å². The molecular formula is C12H13F2N5. The Morgan fingerprint density at radius 1 is 1.16 bits per heavy atom. The minimum Gasteiger partial charge on any atom is -0.373 e. The first kappa shape index (κ1) is 13.0. The summed E-state index contributed by atoms with van der Waals surface area (Å²) in [5.74, 6) is -0.707. The van der Waals surface area contributed by atoms with Gasteiger partial charge in [-0.15, -0.1) is 0 Å². The molecule has 19 heavy (non-hydrogen) atoms. The number of anilines is 4. The Bertz CT molecular complexity index is 615. The van der Waals surface area contributed by atoms with Crippen LogP contribution in [0.25, 0.3) is 0 Å². The summed E-state index contributed by atoms with van der Waals surface area (Å²) in [6.07, 6.45) is 0. The fourth-order valence-electron chi connectivity index (χ4n) is 1.56. The Balaban J connectivity index is 2.41. The van der Waals surface area contributed by atoms with Gasteiger partial charge in [-0.2, -0.15) is 9.97 Å². The van der Waals surface area contributed by atoms with Crippen molar-refractivity contribution in [3.8, 4) is 0 Å². The first-order valence-corrected chi connectivity index (χ1v) is 5.55. The van der Waals surface area contributed by atoms with Crippen LogP contribution in [0, 0.1) is 18.6 Å². The molecule has 0 radical (unpaired) electrons. The third-order valence-corrected chi connectivity index (χ3v) is 2.54. The molecule has 0 spiro atoms. The SMILES string of the molecule is CNc1cc(Nc2c(F)ccc(C)c2F)nc(N)n1. The number of rotatable bonds is 3. The molecule has 2 rings (SSSR count). The van der Waals surface area contributed by atoms with Crippen LogP contribution in [-0.4, -0.2) is 17.0 Å². The molecule has 5 nitrogen and oxygen atoms in total. The molecule has 4 N–H and O–H groups in total. The predicted octanol–water partition coefficient (Wildman–Crippen LogP) is 2.43. The van der Waals surface area contributed by atoms with Gasteiger partial charge < -0.3 is 16.4 Å². The normalized spacial score (nSPS) is 10.3. The number of hydrogen-bond donors (Lipinski definition) is 3. The molecule has 7 heteroatoms. The van der Waals surface area contributed by atoms with Gasteiger partial charge in [0, 0.05) is 13.1 Å². The van der Waals surface area contributed by atoms with Crippen molar-refractivity contribution >= 4 is 23.3 Å². The van der Waals surface area contributed by atoms with Gasteiger partial charge in [-0.25, -0.2) is 8.78 Å². The van der Waals surface area contributed by atoms with E-state index in [1.54, 1.807) is 14.0 Å². The molecular weight excluding hydrogens is 252 g/mol. The van der Waals surface area contributed by atoms with E-state index in [0.717, 1.165) is 0 Å². The maximum atomic E-state index is 13.8. The summed E-state index contributed by atoms with van der Waals surface area (Å²) in [4.78, 5) is 7.76. The molecule has 0 amide bonds. The average Bonchev–Trinajstić information content (AvgIpc) is 2.38. The molecule has 0 aliphatic carbocycles. The van der Waals surface area contributed by atoms with Gasteiger partial charge in [-0.3, -0.25) is 0 Å². The van der Waals surface area contributed by atoms with Crippen molar-refractivity contribution in [3.05, 3.63) is 35.4 Å². The van der Waals surface area contributed by atoms with Gasteiger partial charge in [0.2, 0.25) is 5.95 Å². The second-order valence-corrected chi connectivity index (χ2v) is 3.92. The summed E-state index contributed by atoms with van der Waals surface area (Å²) < 4.78 is 27.4. The number of halogens is 2. The summed E-state index contributed by atoms with van der Waals surface area (Å²) in [7, 11) is 1.65. The highest BCUT2D eigenvalue weighted by molar-refractivity contribution is 5.62. The van der Waals surface area contributed by atoms with Crippen molar-refractivity contribution in [1.29, 1.82) is 0 Å². The molecule has 100 valence electrons. The molecule has 0 unspecified atom stereocenters. The molecule has 2 aromatic rings. The van der Waals surface area contributed by atoms with Crippen molar-refractivity contribution in [2.24, 2.45) is 0 Å². The number of hydrogen-bond acceptors (Lipinski definition) is 5. The maximum Gasteiger partial charge on any atom is 0.223 e. The van der Waals surface area contributed by atoms with Gasteiger partial charge in [0.25, 0.3) is 0 Å². The van der Waals surface area contributed by atoms with E-state index in [0.29, 0.717) is 11.4 Å². The van der Waals surface area contributed by atoms with E-state index in [4.69, 9.17) is 5.73 Å². The van der Waals surface area contributed by atoms with Crippen LogP contribution >= 0.6 is 0 Å². The number of nitrogens with one attached hydrogen (secondary N) is 2. The van der Waals surface area contributed by atoms with Gasteiger partial charge in [0.05, 0.1) is 0 Å². The van der Waals surface area contributed by atoms with Crippen LogP contribution < -0.4 is 16.4 Å². The zero-order valence-corrected chi connectivity index (χ0v) is 10.5. The van der Waals surface area contributed by atoms with Crippen LogP contribution in [0.5, 0.6) is 0 Å². The lowest BCUT2D eigenvalue weighted by Crippen LogP contribution is -2.05. The van der Waals surface area contributed by atoms with Gasteiger partial charge in [0.1, 0.15) is 23.1 Å². The van der Waals surface area contributed by atoms with Crippen LogP contribution in [0.4, 0.5) is 32.1 Å². The highest BCUT2D eigenvalue weighted by Crippen LogP contribution is 2.25. The van der Waals surface area contributed by atoms with Crippen LogP contribution in [0.15, 0.2) is 18.2 Å². The first-order chi connectivity index (χ1) is 9.01. The van der Waals surface area contributed by atoms with E-state index >= 15 is 0 Å². The second-order valence-electron chi connectivity index (χ2n) is 3.92. The highest BCUT2D eigenvalue weighted by atomic mass is 19.1. The maximum absolute atomic E-state index is 13.8. The minimum atomic E-state index is -0.703. The number of nitrogens with zero attached hydrogens (tertiary/aromatic N) is 2. The number of benzene rings is 1. The third-order valence-electron chi connectivity index (χ3n) is 2.54. The topological polar surface area (TPSA) is 75.9 Å². The van der Waals surface area contributed by atoms with Crippen molar-refractivity contribution in [3.63, 3.8) is 0 Å². The smallest absolute Gasteiger partial charge is 0.223 e. The molecule has 0 aliphatic heterocycles. The molecule has 0 fully saturated rings. The van der Waals surface area contributed by atoms with E-state index < -0.39 is 11.6 Å². The molecule has 0 atom stereocenters. The van der Waals surface area contributed by atoms with Gasteiger partial charge in [-0.1, -0.05) is 6.07 Å². The molecule has 0 aliphatic rings. The Morgan fingerprint density at radius 2 is 1.84 bits per heavy atom. The lowest BCUT2D eigenvalue weighted by molar-refractivity contribution is 0.584. The highest BCUT2D eigenvalue weighted by Gasteiger charge is 2.12. The zero-order chi connectivity index (χ0) is 14.0. The molecule has 0 bridgehead atoms. The molecule has 0 saturated carbocycles. The largest absolute Gasteiger partial charge is 0.373 e. The molecule has 1 aromatic heterocycles. The van der Waals surface area contributed by atoms with Crippen molar-refractivity contribution in [2.45, 2.75) is 6.92 Å². The fraction of sp³-hybridized carbons (Fsp3) is 0.167. The van der Waals surface area contributed by atoms with Crippen molar-refractivity contribution in [2.75, 3.05) is 23.4 Å². The number of nitrogen functional groups attached to an aromatic ring is 1. The standard InChI is InChI=1S/C12H13F2N5/c1-6-3-4-7(13)11(10(6)14)17-9-5-8(16-2)18-12(15)19-9/h3-5H,1-2H3,(H4,15,16,17,18,19). The van der Waals surface area contributed by atoms with E-state index in [1.165, 1.54) is 18.2 Å². The Morgan fingerprint density at radius 3 is 2.53 bits per heavy atom. The van der Waals surface area contributed by atoms with Gasteiger partial charge in [0.15, 0.2) is 5.82 Å². The van der Waals surface area contributed by atoms with E-state index in [1.807, 2.05) is 0 Å². The van der Waals surface area contributed by atoms with Gasteiger partial charge in [-0.05, 0) is 18.6 Å². The Labute approximate surface area is 108 Å². The van der Waals surface area contributed by atoms with Crippen molar-refractivity contribution < 1.29 is 8.78 Å². The van der Waals surface area contributed by atoms with E-state index in [2.05, 4.69) is 20.6 Å². The lowest BCUT2D eigenvalue weighted by Gasteiger charge is -2.11. The Hall–Kier alpha value is -2.44. The summed E-state index contributed by atoms with van der Waals surface area (Å²) in [5.41, 5.74) is 5.57. The zero-order valence-electron chi connectivity index (χ0n) is 10.5. The van der Waals surface area contributed by atoms with E-state index in [9.17, 15) is 8.78 Å². The number of aromatic nitrogens is 2.